The normalized spacial score (nSPS) is 15.0. The van der Waals surface area contributed by atoms with Crippen molar-refractivity contribution in [2.45, 2.75) is 44.9 Å². The van der Waals surface area contributed by atoms with Crippen LogP contribution in [-0.2, 0) is 19.6 Å². The number of benzene rings is 1. The molecule has 1 heterocycles. The number of rotatable bonds is 7. The van der Waals surface area contributed by atoms with Crippen LogP contribution in [0.2, 0.25) is 0 Å². The first-order chi connectivity index (χ1) is 12.8. The fourth-order valence-electron chi connectivity index (χ4n) is 3.13. The average molecular weight is 397 g/mol. The molecular formula is C19H28N2O5S. The van der Waals surface area contributed by atoms with Gasteiger partial charge in [-0.3, -0.25) is 4.79 Å². The van der Waals surface area contributed by atoms with Crippen molar-refractivity contribution < 1.29 is 22.7 Å². The number of nitrogens with zero attached hydrogens (tertiary/aromatic N) is 2. The van der Waals surface area contributed by atoms with Crippen LogP contribution in [0.5, 0.6) is 0 Å². The quantitative estimate of drug-likeness (QED) is 0.660. The number of carbonyl (C=O) groups excluding carboxylic acids is 2. The van der Waals surface area contributed by atoms with E-state index in [1.165, 1.54) is 16.4 Å². The number of piperidine rings is 1. The van der Waals surface area contributed by atoms with Gasteiger partial charge >= 0.3 is 5.97 Å². The van der Waals surface area contributed by atoms with Gasteiger partial charge in [0.05, 0.1) is 10.5 Å². The zero-order valence-corrected chi connectivity index (χ0v) is 17.0. The van der Waals surface area contributed by atoms with E-state index < -0.39 is 16.0 Å². The van der Waals surface area contributed by atoms with E-state index in [9.17, 15) is 18.0 Å². The molecule has 150 valence electrons. The zero-order chi connectivity index (χ0) is 20.0. The lowest BCUT2D eigenvalue weighted by molar-refractivity contribution is -0.135. The second kappa shape index (κ2) is 9.32. The van der Waals surface area contributed by atoms with Crippen molar-refractivity contribution in [3.63, 3.8) is 0 Å². The number of likely N-dealkylation sites (tertiary alicyclic amines) is 1. The van der Waals surface area contributed by atoms with Crippen LogP contribution >= 0.6 is 0 Å². The highest BCUT2D eigenvalue weighted by Crippen LogP contribution is 2.20. The molecule has 1 aliphatic rings. The van der Waals surface area contributed by atoms with Gasteiger partial charge in [-0.15, -0.1) is 0 Å². The first-order valence-electron chi connectivity index (χ1n) is 9.37. The van der Waals surface area contributed by atoms with Crippen molar-refractivity contribution in [1.82, 2.24) is 9.21 Å². The molecule has 0 bridgehead atoms. The van der Waals surface area contributed by atoms with Gasteiger partial charge in [-0.05, 0) is 43.9 Å². The monoisotopic (exact) mass is 396 g/mol. The minimum absolute atomic E-state index is 0.0473. The van der Waals surface area contributed by atoms with Gasteiger partial charge in [-0.1, -0.05) is 19.9 Å². The van der Waals surface area contributed by atoms with Crippen molar-refractivity contribution in [3.05, 3.63) is 29.3 Å². The Morgan fingerprint density at radius 2 is 1.74 bits per heavy atom. The Morgan fingerprint density at radius 3 is 2.33 bits per heavy atom. The van der Waals surface area contributed by atoms with Crippen molar-refractivity contribution in [3.8, 4) is 0 Å². The summed E-state index contributed by atoms with van der Waals surface area (Å²) in [5.74, 6) is -0.901. The number of ether oxygens (including phenoxy) is 1. The summed E-state index contributed by atoms with van der Waals surface area (Å²) >= 11 is 0. The molecule has 1 amide bonds. The Labute approximate surface area is 161 Å². The Hall–Kier alpha value is -1.93. The number of hydrogen-bond acceptors (Lipinski definition) is 5. The fourth-order valence-corrected chi connectivity index (χ4v) is 4.62. The highest BCUT2D eigenvalue weighted by atomic mass is 32.2. The van der Waals surface area contributed by atoms with Crippen molar-refractivity contribution in [2.75, 3.05) is 32.8 Å². The van der Waals surface area contributed by atoms with Crippen LogP contribution in [0.1, 0.15) is 49.0 Å². The number of hydrogen-bond donors (Lipinski definition) is 0. The van der Waals surface area contributed by atoms with Crippen molar-refractivity contribution in [1.29, 1.82) is 0 Å². The molecule has 1 aromatic rings. The number of sulfonamides is 1. The van der Waals surface area contributed by atoms with Crippen LogP contribution in [0.3, 0.4) is 0 Å². The van der Waals surface area contributed by atoms with Crippen molar-refractivity contribution in [2.24, 2.45) is 0 Å². The molecule has 0 aromatic heterocycles. The summed E-state index contributed by atoms with van der Waals surface area (Å²) in [6.07, 6.45) is 3.03. The van der Waals surface area contributed by atoms with E-state index in [-0.39, 0.29) is 23.0 Å². The Kier molecular flexibility index (Phi) is 7.38. The summed E-state index contributed by atoms with van der Waals surface area (Å²) < 4.78 is 31.8. The van der Waals surface area contributed by atoms with E-state index in [0.717, 1.165) is 19.3 Å². The van der Waals surface area contributed by atoms with Gasteiger partial charge in [-0.2, -0.15) is 4.31 Å². The standard InChI is InChI=1S/C19H28N2O5S/c1-4-21(5-2)27(24,25)16-10-9-15(3)17(13-16)19(23)26-14-18(22)20-11-7-6-8-12-20/h9-10,13H,4-8,11-12,14H2,1-3H3. The first kappa shape index (κ1) is 21.4. The van der Waals surface area contributed by atoms with Gasteiger partial charge in [-0.25, -0.2) is 13.2 Å². The van der Waals surface area contributed by atoms with Crippen LogP contribution in [-0.4, -0.2) is 62.3 Å². The first-order valence-corrected chi connectivity index (χ1v) is 10.8. The van der Waals surface area contributed by atoms with E-state index in [2.05, 4.69) is 0 Å². The maximum absolute atomic E-state index is 12.7. The molecule has 1 aromatic carbocycles. The lowest BCUT2D eigenvalue weighted by atomic mass is 10.1. The summed E-state index contributed by atoms with van der Waals surface area (Å²) in [6.45, 7) is 6.96. The molecule has 2 rings (SSSR count). The highest BCUT2D eigenvalue weighted by Gasteiger charge is 2.24. The molecule has 1 fully saturated rings. The van der Waals surface area contributed by atoms with Crippen LogP contribution in [0.25, 0.3) is 0 Å². The molecule has 1 saturated heterocycles. The summed E-state index contributed by atoms with van der Waals surface area (Å²) in [6, 6.07) is 4.40. The lowest BCUT2D eigenvalue weighted by Crippen LogP contribution is -2.38. The average Bonchev–Trinajstić information content (AvgIpc) is 2.67. The molecule has 0 N–H and O–H groups in total. The SMILES string of the molecule is CCN(CC)S(=O)(=O)c1ccc(C)c(C(=O)OCC(=O)N2CCCCC2)c1. The molecule has 0 spiro atoms. The van der Waals surface area contributed by atoms with Gasteiger partial charge in [0, 0.05) is 26.2 Å². The van der Waals surface area contributed by atoms with Gasteiger partial charge < -0.3 is 9.64 Å². The molecule has 0 aliphatic carbocycles. The van der Waals surface area contributed by atoms with Gasteiger partial charge in [0.25, 0.3) is 5.91 Å². The van der Waals surface area contributed by atoms with Gasteiger partial charge in [0.15, 0.2) is 6.61 Å². The Morgan fingerprint density at radius 1 is 1.11 bits per heavy atom. The third-order valence-corrected chi connectivity index (χ3v) is 6.85. The maximum Gasteiger partial charge on any atom is 0.338 e. The Bertz CT molecular complexity index is 781. The maximum atomic E-state index is 12.7. The number of esters is 1. The van der Waals surface area contributed by atoms with Gasteiger partial charge in [0.2, 0.25) is 10.0 Å². The van der Waals surface area contributed by atoms with Crippen molar-refractivity contribution >= 4 is 21.9 Å². The zero-order valence-electron chi connectivity index (χ0n) is 16.2. The summed E-state index contributed by atoms with van der Waals surface area (Å²) in [4.78, 5) is 26.3. The molecule has 0 radical (unpaired) electrons. The van der Waals surface area contributed by atoms with E-state index >= 15 is 0 Å². The summed E-state index contributed by atoms with van der Waals surface area (Å²) in [7, 11) is -3.67. The van der Waals surface area contributed by atoms with Crippen LogP contribution in [0.4, 0.5) is 0 Å². The molecule has 8 heteroatoms. The predicted molar refractivity (Wildman–Crippen MR) is 102 cm³/mol. The molecule has 1 aliphatic heterocycles. The molecule has 0 atom stereocenters. The largest absolute Gasteiger partial charge is 0.452 e. The lowest BCUT2D eigenvalue weighted by Gasteiger charge is -2.26. The second-order valence-electron chi connectivity index (χ2n) is 6.58. The predicted octanol–water partition coefficient (Wildman–Crippen LogP) is 2.19. The molecule has 0 unspecified atom stereocenters. The fraction of sp³-hybridized carbons (Fsp3) is 0.579. The van der Waals surface area contributed by atoms with Crippen LogP contribution < -0.4 is 0 Å². The topological polar surface area (TPSA) is 84.0 Å². The van der Waals surface area contributed by atoms with E-state index in [1.54, 1.807) is 31.7 Å². The second-order valence-corrected chi connectivity index (χ2v) is 8.52. The number of carbonyl (C=O) groups is 2. The van der Waals surface area contributed by atoms with Crippen LogP contribution in [0, 0.1) is 6.92 Å². The summed E-state index contributed by atoms with van der Waals surface area (Å²) in [5.41, 5.74) is 0.763. The van der Waals surface area contributed by atoms with Gasteiger partial charge in [0.1, 0.15) is 0 Å². The summed E-state index contributed by atoms with van der Waals surface area (Å²) in [5, 5.41) is 0. The minimum Gasteiger partial charge on any atom is -0.452 e. The third kappa shape index (κ3) is 5.07. The third-order valence-electron chi connectivity index (χ3n) is 4.81. The molecule has 0 saturated carbocycles. The van der Waals surface area contributed by atoms with Crippen LogP contribution in [0.15, 0.2) is 23.1 Å². The van der Waals surface area contributed by atoms with E-state index in [4.69, 9.17) is 4.74 Å². The molecule has 27 heavy (non-hydrogen) atoms. The number of amides is 1. The molecule has 7 nitrogen and oxygen atoms in total. The van der Waals surface area contributed by atoms with E-state index in [1.807, 2.05) is 0 Å². The minimum atomic E-state index is -3.67. The van der Waals surface area contributed by atoms with E-state index in [0.29, 0.717) is 31.7 Å². The smallest absolute Gasteiger partial charge is 0.338 e. The molecular weight excluding hydrogens is 368 g/mol. The Balaban J connectivity index is 2.13. The number of aryl methyl sites for hydroxylation is 1. The highest BCUT2D eigenvalue weighted by molar-refractivity contribution is 7.89.